The van der Waals surface area contributed by atoms with Gasteiger partial charge in [0.1, 0.15) is 6.04 Å². The molecule has 8 heteroatoms. The van der Waals surface area contributed by atoms with Gasteiger partial charge in [-0.05, 0) is 36.2 Å². The molecule has 1 aromatic heterocycles. The number of rotatable bonds is 8. The molecule has 0 unspecified atom stereocenters. The van der Waals surface area contributed by atoms with Crippen molar-refractivity contribution in [3.63, 3.8) is 0 Å². The zero-order valence-electron chi connectivity index (χ0n) is 16.4. The van der Waals surface area contributed by atoms with Crippen LogP contribution in [0.25, 0.3) is 5.69 Å². The van der Waals surface area contributed by atoms with Crippen molar-refractivity contribution in [3.8, 4) is 5.69 Å². The minimum atomic E-state index is -3.62. The summed E-state index contributed by atoms with van der Waals surface area (Å²) in [5.41, 5.74) is 2.36. The van der Waals surface area contributed by atoms with Gasteiger partial charge in [-0.1, -0.05) is 37.3 Å². The molecule has 1 amide bonds. The van der Waals surface area contributed by atoms with Crippen LogP contribution in [0, 0.1) is 0 Å². The number of nitrogens with one attached hydrogen (secondary N) is 1. The standard InChI is InChI=1S/C21H24N4O3S/c1-3-20(25(29(2,27)28)19-7-5-4-6-8-19)21(26)23-15-17-9-11-18(12-10-17)24-14-13-22-16-24/h4-14,16,20H,3,15H2,1-2H3,(H,23,26)/t20-/m0/s1. The first-order valence-corrected chi connectivity index (χ1v) is 11.1. The summed E-state index contributed by atoms with van der Waals surface area (Å²) in [6.07, 6.45) is 6.75. The van der Waals surface area contributed by atoms with Crippen LogP contribution >= 0.6 is 0 Å². The number of amides is 1. The fourth-order valence-corrected chi connectivity index (χ4v) is 4.35. The van der Waals surface area contributed by atoms with Crippen LogP contribution < -0.4 is 9.62 Å². The first kappa shape index (κ1) is 20.6. The van der Waals surface area contributed by atoms with Gasteiger partial charge >= 0.3 is 0 Å². The average Bonchev–Trinajstić information content (AvgIpc) is 3.25. The quantitative estimate of drug-likeness (QED) is 0.617. The van der Waals surface area contributed by atoms with Crippen LogP contribution in [0.4, 0.5) is 5.69 Å². The van der Waals surface area contributed by atoms with E-state index < -0.39 is 16.1 Å². The molecule has 0 fully saturated rings. The van der Waals surface area contributed by atoms with Gasteiger partial charge < -0.3 is 9.88 Å². The monoisotopic (exact) mass is 412 g/mol. The molecular weight excluding hydrogens is 388 g/mol. The summed E-state index contributed by atoms with van der Waals surface area (Å²) in [5.74, 6) is -0.333. The van der Waals surface area contributed by atoms with Gasteiger partial charge in [0, 0.05) is 24.6 Å². The number of benzene rings is 2. The van der Waals surface area contributed by atoms with E-state index in [0.29, 0.717) is 18.7 Å². The van der Waals surface area contributed by atoms with Crippen molar-refractivity contribution in [2.45, 2.75) is 25.9 Å². The second-order valence-electron chi connectivity index (χ2n) is 6.67. The Labute approximate surface area is 171 Å². The topological polar surface area (TPSA) is 84.3 Å². The number of hydrogen-bond acceptors (Lipinski definition) is 4. The van der Waals surface area contributed by atoms with E-state index in [1.54, 1.807) is 49.8 Å². The third-order valence-electron chi connectivity index (χ3n) is 4.55. The smallest absolute Gasteiger partial charge is 0.244 e. The molecule has 1 heterocycles. The fraction of sp³-hybridized carbons (Fsp3) is 0.238. The number of sulfonamides is 1. The molecule has 0 aliphatic rings. The maximum atomic E-state index is 12.8. The lowest BCUT2D eigenvalue weighted by Crippen LogP contribution is -2.49. The van der Waals surface area contributed by atoms with Crippen molar-refractivity contribution in [3.05, 3.63) is 78.9 Å². The third kappa shape index (κ3) is 5.03. The Balaban J connectivity index is 1.72. The summed E-state index contributed by atoms with van der Waals surface area (Å²) in [6.45, 7) is 2.11. The minimum Gasteiger partial charge on any atom is -0.350 e. The van der Waals surface area contributed by atoms with Gasteiger partial charge in [-0.15, -0.1) is 0 Å². The summed E-state index contributed by atoms with van der Waals surface area (Å²) in [6, 6.07) is 15.6. The number of nitrogens with zero attached hydrogens (tertiary/aromatic N) is 3. The predicted octanol–water partition coefficient (Wildman–Crippen LogP) is 2.73. The molecule has 3 rings (SSSR count). The number of para-hydroxylation sites is 1. The van der Waals surface area contributed by atoms with Crippen LogP contribution in [0.3, 0.4) is 0 Å². The molecular formula is C21H24N4O3S. The lowest BCUT2D eigenvalue weighted by atomic mass is 10.1. The van der Waals surface area contributed by atoms with Crippen LogP contribution in [-0.4, -0.2) is 36.2 Å². The molecule has 2 aromatic carbocycles. The lowest BCUT2D eigenvalue weighted by molar-refractivity contribution is -0.122. The number of carbonyl (C=O) groups excluding carboxylic acids is 1. The average molecular weight is 413 g/mol. The van der Waals surface area contributed by atoms with Crippen molar-refractivity contribution in [2.75, 3.05) is 10.6 Å². The van der Waals surface area contributed by atoms with Crippen LogP contribution in [0.5, 0.6) is 0 Å². The number of anilines is 1. The second-order valence-corrected chi connectivity index (χ2v) is 8.53. The highest BCUT2D eigenvalue weighted by Crippen LogP contribution is 2.22. The van der Waals surface area contributed by atoms with Crippen molar-refractivity contribution < 1.29 is 13.2 Å². The summed E-state index contributed by atoms with van der Waals surface area (Å²) >= 11 is 0. The van der Waals surface area contributed by atoms with E-state index in [1.165, 1.54) is 4.31 Å². The first-order chi connectivity index (χ1) is 13.9. The number of carbonyl (C=O) groups is 1. The Morgan fingerprint density at radius 3 is 2.38 bits per heavy atom. The largest absolute Gasteiger partial charge is 0.350 e. The van der Waals surface area contributed by atoms with Gasteiger partial charge in [0.15, 0.2) is 0 Å². The summed E-state index contributed by atoms with van der Waals surface area (Å²) < 4.78 is 27.9. The molecule has 0 aliphatic carbocycles. The maximum absolute atomic E-state index is 12.8. The molecule has 0 saturated carbocycles. The molecule has 0 spiro atoms. The summed E-state index contributed by atoms with van der Waals surface area (Å²) in [7, 11) is -3.62. The fourth-order valence-electron chi connectivity index (χ4n) is 3.14. The molecule has 152 valence electrons. The first-order valence-electron chi connectivity index (χ1n) is 9.29. The summed E-state index contributed by atoms with van der Waals surface area (Å²) in [4.78, 5) is 16.9. The van der Waals surface area contributed by atoms with Gasteiger partial charge in [0.2, 0.25) is 15.9 Å². The predicted molar refractivity (Wildman–Crippen MR) is 113 cm³/mol. The molecule has 0 radical (unpaired) electrons. The normalized spacial score (nSPS) is 12.3. The molecule has 7 nitrogen and oxygen atoms in total. The minimum absolute atomic E-state index is 0.311. The van der Waals surface area contributed by atoms with Crippen molar-refractivity contribution in [2.24, 2.45) is 0 Å². The van der Waals surface area contributed by atoms with Crippen LogP contribution in [0.15, 0.2) is 73.3 Å². The highest BCUT2D eigenvalue weighted by molar-refractivity contribution is 7.92. The number of aromatic nitrogens is 2. The Morgan fingerprint density at radius 1 is 1.14 bits per heavy atom. The number of imidazole rings is 1. The number of hydrogen-bond donors (Lipinski definition) is 1. The van der Waals surface area contributed by atoms with Crippen LogP contribution in [0.1, 0.15) is 18.9 Å². The van der Waals surface area contributed by atoms with E-state index in [0.717, 1.165) is 17.5 Å². The van der Waals surface area contributed by atoms with Gasteiger partial charge in [-0.2, -0.15) is 0 Å². The van der Waals surface area contributed by atoms with Gasteiger partial charge in [0.25, 0.3) is 0 Å². The second kappa shape index (κ2) is 8.91. The Hall–Kier alpha value is -3.13. The van der Waals surface area contributed by atoms with E-state index >= 15 is 0 Å². The molecule has 1 N–H and O–H groups in total. The SMILES string of the molecule is CC[C@@H](C(=O)NCc1ccc(-n2ccnc2)cc1)N(c1ccccc1)S(C)(=O)=O. The van der Waals surface area contributed by atoms with E-state index in [-0.39, 0.29) is 5.91 Å². The Morgan fingerprint density at radius 2 is 1.83 bits per heavy atom. The zero-order chi connectivity index (χ0) is 20.9. The molecule has 3 aromatic rings. The lowest BCUT2D eigenvalue weighted by Gasteiger charge is -2.30. The van der Waals surface area contributed by atoms with E-state index in [9.17, 15) is 13.2 Å². The van der Waals surface area contributed by atoms with Crippen LogP contribution in [0.2, 0.25) is 0 Å². The van der Waals surface area contributed by atoms with Gasteiger partial charge in [-0.25, -0.2) is 13.4 Å². The van der Waals surface area contributed by atoms with Crippen LogP contribution in [-0.2, 0) is 21.4 Å². The van der Waals surface area contributed by atoms with Crippen molar-refractivity contribution in [1.29, 1.82) is 0 Å². The molecule has 0 aliphatic heterocycles. The highest BCUT2D eigenvalue weighted by atomic mass is 32.2. The zero-order valence-corrected chi connectivity index (χ0v) is 17.2. The molecule has 0 saturated heterocycles. The van der Waals surface area contributed by atoms with E-state index in [1.807, 2.05) is 35.0 Å². The Kier molecular flexibility index (Phi) is 6.33. The van der Waals surface area contributed by atoms with E-state index in [2.05, 4.69) is 10.3 Å². The van der Waals surface area contributed by atoms with Gasteiger partial charge in [-0.3, -0.25) is 9.10 Å². The Bertz CT molecular complexity index is 1030. The van der Waals surface area contributed by atoms with E-state index in [4.69, 9.17) is 0 Å². The summed E-state index contributed by atoms with van der Waals surface area (Å²) in [5, 5.41) is 2.86. The maximum Gasteiger partial charge on any atom is 0.244 e. The van der Waals surface area contributed by atoms with Crippen molar-refractivity contribution >= 4 is 21.6 Å². The molecule has 0 bridgehead atoms. The third-order valence-corrected chi connectivity index (χ3v) is 5.73. The van der Waals surface area contributed by atoms with Gasteiger partial charge in [0.05, 0.1) is 18.3 Å². The molecule has 1 atom stereocenters. The van der Waals surface area contributed by atoms with Crippen molar-refractivity contribution in [1.82, 2.24) is 14.9 Å². The highest BCUT2D eigenvalue weighted by Gasteiger charge is 2.31. The molecule has 29 heavy (non-hydrogen) atoms.